The Bertz CT molecular complexity index is 957. The highest BCUT2D eigenvalue weighted by atomic mass is 16.8. The lowest BCUT2D eigenvalue weighted by molar-refractivity contribution is -0.240. The van der Waals surface area contributed by atoms with Gasteiger partial charge in [-0.3, -0.25) is 4.79 Å². The number of hydrogen-bond donors (Lipinski definition) is 4. The normalized spacial score (nSPS) is 61.0. The SMILES string of the molecule is C[C@@H]1C(=O)O[C@H]2[C@H](O)[C@@]34[C@@H]5OC(=O)[C@]3(O[C@@H]3OC(=O)[C@H](O)[C@]34[C@H](C(C)(C)C)[C@@H]5O)[C@@]12O. The molecule has 0 unspecified atom stereocenters. The fourth-order valence-corrected chi connectivity index (χ4v) is 8.27. The van der Waals surface area contributed by atoms with Crippen LogP contribution in [0, 0.1) is 28.1 Å². The Kier molecular flexibility index (Phi) is 3.15. The Morgan fingerprint density at radius 2 is 1.58 bits per heavy atom. The number of carbonyl (C=O) groups excluding carboxylic acids is 3. The largest absolute Gasteiger partial charge is 0.456 e. The Morgan fingerprint density at radius 3 is 2.19 bits per heavy atom. The Hall–Kier alpha value is -1.79. The quantitative estimate of drug-likeness (QED) is 0.234. The van der Waals surface area contributed by atoms with Gasteiger partial charge in [0.05, 0.1) is 22.9 Å². The molecule has 2 aliphatic carbocycles. The van der Waals surface area contributed by atoms with E-state index in [1.54, 1.807) is 20.8 Å². The van der Waals surface area contributed by atoms with Crippen LogP contribution < -0.4 is 0 Å². The summed E-state index contributed by atoms with van der Waals surface area (Å²) in [5.41, 5.74) is -9.40. The molecule has 4 saturated heterocycles. The van der Waals surface area contributed by atoms with Gasteiger partial charge in [-0.2, -0.15) is 0 Å². The minimum Gasteiger partial charge on any atom is -0.456 e. The summed E-state index contributed by atoms with van der Waals surface area (Å²) in [4.78, 5) is 38.3. The monoisotopic (exact) mass is 440 g/mol. The van der Waals surface area contributed by atoms with E-state index in [1.165, 1.54) is 6.92 Å². The average Bonchev–Trinajstić information content (AvgIpc) is 3.35. The van der Waals surface area contributed by atoms with E-state index < -0.39 is 94.0 Å². The smallest absolute Gasteiger partial charge is 0.343 e. The molecule has 6 fully saturated rings. The molecule has 2 spiro atoms. The molecule has 4 N–H and O–H groups in total. The van der Waals surface area contributed by atoms with Crippen LogP contribution in [0.2, 0.25) is 0 Å². The number of hydrogen-bond acceptors (Lipinski definition) is 11. The summed E-state index contributed by atoms with van der Waals surface area (Å²) in [5.74, 6) is -5.22. The van der Waals surface area contributed by atoms with Gasteiger partial charge in [0.2, 0.25) is 11.9 Å². The lowest BCUT2D eigenvalue weighted by Crippen LogP contribution is -2.67. The third-order valence-electron chi connectivity index (χ3n) is 8.95. The second kappa shape index (κ2) is 4.91. The van der Waals surface area contributed by atoms with Crippen LogP contribution in [-0.2, 0) is 33.3 Å². The van der Waals surface area contributed by atoms with Crippen LogP contribution in [0.1, 0.15) is 27.7 Å². The molecule has 12 atom stereocenters. The third kappa shape index (κ3) is 1.43. The fourth-order valence-electron chi connectivity index (χ4n) is 8.27. The highest BCUT2D eigenvalue weighted by Gasteiger charge is 3.05. The van der Waals surface area contributed by atoms with Gasteiger partial charge in [0.25, 0.3) is 0 Å². The van der Waals surface area contributed by atoms with Crippen LogP contribution in [-0.4, -0.2) is 86.3 Å². The minimum absolute atomic E-state index is 0.792. The zero-order valence-electron chi connectivity index (χ0n) is 17.3. The van der Waals surface area contributed by atoms with Gasteiger partial charge in [-0.1, -0.05) is 20.8 Å². The van der Waals surface area contributed by atoms with E-state index in [2.05, 4.69) is 0 Å². The molecule has 6 aliphatic rings. The molecule has 11 heteroatoms. The minimum atomic E-state index is -2.40. The van der Waals surface area contributed by atoms with Crippen LogP contribution in [0.5, 0.6) is 0 Å². The summed E-state index contributed by atoms with van der Waals surface area (Å²) in [7, 11) is 0. The number of rotatable bonds is 0. The van der Waals surface area contributed by atoms with Gasteiger partial charge in [-0.05, 0) is 12.3 Å². The predicted octanol–water partition coefficient (Wildman–Crippen LogP) is -2.40. The standard InChI is InChI=1S/C20H24O11/c1-5-12(24)28-11-8(22)18-10-6(21)7(16(2,3)4)17(18)9(23)13(25)30-15(17)31-20(18,14(26)29-10)19(5,11)27/h5-11,15,21-23,27H,1-4H3/t5-,6+,7+,8+,9+,10-,11+,15+,17-,18+,19-,20-/m1/s1. The zero-order valence-corrected chi connectivity index (χ0v) is 17.3. The summed E-state index contributed by atoms with van der Waals surface area (Å²) >= 11 is 0. The first kappa shape index (κ1) is 19.9. The van der Waals surface area contributed by atoms with Crippen LogP contribution >= 0.6 is 0 Å². The maximum Gasteiger partial charge on any atom is 0.343 e. The van der Waals surface area contributed by atoms with Crippen molar-refractivity contribution >= 4 is 17.9 Å². The van der Waals surface area contributed by atoms with E-state index in [1.807, 2.05) is 0 Å². The summed E-state index contributed by atoms with van der Waals surface area (Å²) < 4.78 is 22.2. The number of aliphatic hydroxyl groups is 4. The Labute approximate surface area is 176 Å². The van der Waals surface area contributed by atoms with Crippen molar-refractivity contribution in [3.63, 3.8) is 0 Å². The number of ether oxygens (including phenoxy) is 4. The van der Waals surface area contributed by atoms with Crippen molar-refractivity contribution in [1.29, 1.82) is 0 Å². The molecule has 0 amide bonds. The highest BCUT2D eigenvalue weighted by molar-refractivity contribution is 5.94. The lowest BCUT2D eigenvalue weighted by Gasteiger charge is -2.47. The van der Waals surface area contributed by atoms with E-state index in [0.717, 1.165) is 0 Å². The van der Waals surface area contributed by atoms with E-state index >= 15 is 0 Å². The summed E-state index contributed by atoms with van der Waals surface area (Å²) in [6.07, 6.45) is -9.69. The summed E-state index contributed by atoms with van der Waals surface area (Å²) in [6, 6.07) is 0. The number of fused-ring (bicyclic) bond motifs is 1. The van der Waals surface area contributed by atoms with Crippen LogP contribution in [0.15, 0.2) is 0 Å². The molecule has 0 radical (unpaired) electrons. The molecule has 0 bridgehead atoms. The van der Waals surface area contributed by atoms with E-state index in [4.69, 9.17) is 18.9 Å². The fraction of sp³-hybridized carbons (Fsp3) is 0.850. The second-order valence-corrected chi connectivity index (χ2v) is 10.8. The lowest BCUT2D eigenvalue weighted by atomic mass is 9.51. The maximum atomic E-state index is 13.4. The summed E-state index contributed by atoms with van der Waals surface area (Å²) in [5, 5.41) is 46.1. The average molecular weight is 440 g/mol. The molecule has 0 aromatic rings. The molecule has 0 aromatic heterocycles. The van der Waals surface area contributed by atoms with Gasteiger partial charge in [0.15, 0.2) is 17.8 Å². The molecular weight excluding hydrogens is 416 g/mol. The zero-order chi connectivity index (χ0) is 22.7. The van der Waals surface area contributed by atoms with Gasteiger partial charge in [-0.25, -0.2) is 9.59 Å². The van der Waals surface area contributed by atoms with Crippen LogP contribution in [0.3, 0.4) is 0 Å². The first-order chi connectivity index (χ1) is 14.3. The van der Waals surface area contributed by atoms with Crippen molar-refractivity contribution in [2.24, 2.45) is 28.1 Å². The van der Waals surface area contributed by atoms with Crippen molar-refractivity contribution in [3.8, 4) is 0 Å². The highest BCUT2D eigenvalue weighted by Crippen LogP contribution is 2.84. The third-order valence-corrected chi connectivity index (χ3v) is 8.95. The van der Waals surface area contributed by atoms with Gasteiger partial charge < -0.3 is 39.4 Å². The maximum absolute atomic E-state index is 13.4. The number of aliphatic hydroxyl groups excluding tert-OH is 3. The van der Waals surface area contributed by atoms with Crippen LogP contribution in [0.25, 0.3) is 0 Å². The van der Waals surface area contributed by atoms with Gasteiger partial charge in [0.1, 0.15) is 12.2 Å². The molecule has 11 nitrogen and oxygen atoms in total. The van der Waals surface area contributed by atoms with Gasteiger partial charge >= 0.3 is 17.9 Å². The molecule has 2 saturated carbocycles. The molecule has 170 valence electrons. The topological polar surface area (TPSA) is 169 Å². The molecular formula is C20H24O11. The van der Waals surface area contributed by atoms with Crippen molar-refractivity contribution in [3.05, 3.63) is 0 Å². The van der Waals surface area contributed by atoms with Gasteiger partial charge in [0, 0.05) is 5.92 Å². The van der Waals surface area contributed by atoms with Crippen molar-refractivity contribution in [2.45, 2.75) is 75.7 Å². The van der Waals surface area contributed by atoms with E-state index in [0.29, 0.717) is 0 Å². The van der Waals surface area contributed by atoms with Crippen molar-refractivity contribution in [2.75, 3.05) is 0 Å². The first-order valence-corrected chi connectivity index (χ1v) is 10.3. The first-order valence-electron chi connectivity index (χ1n) is 10.3. The number of esters is 3. The molecule has 31 heavy (non-hydrogen) atoms. The predicted molar refractivity (Wildman–Crippen MR) is 93.4 cm³/mol. The molecule has 4 aliphatic heterocycles. The summed E-state index contributed by atoms with van der Waals surface area (Å²) in [6.45, 7) is 6.63. The van der Waals surface area contributed by atoms with Crippen molar-refractivity contribution < 1.29 is 53.8 Å². The molecule has 0 aromatic carbocycles. The number of carbonyl (C=O) groups is 3. The van der Waals surface area contributed by atoms with E-state index in [-0.39, 0.29) is 0 Å². The van der Waals surface area contributed by atoms with Crippen molar-refractivity contribution in [1.82, 2.24) is 0 Å². The second-order valence-electron chi connectivity index (χ2n) is 10.8. The Morgan fingerprint density at radius 1 is 0.935 bits per heavy atom. The Balaban J connectivity index is 1.75. The van der Waals surface area contributed by atoms with E-state index in [9.17, 15) is 34.8 Å². The molecule has 4 heterocycles. The molecule has 6 rings (SSSR count). The van der Waals surface area contributed by atoms with Crippen LogP contribution in [0.4, 0.5) is 0 Å². The van der Waals surface area contributed by atoms with Gasteiger partial charge in [-0.15, -0.1) is 0 Å².